The van der Waals surface area contributed by atoms with Crippen molar-refractivity contribution in [3.63, 3.8) is 0 Å². The standard InChI is InChI=1S/C31H24N6O/c38-31(29(36-19-32-33-20-36)27-17-9-7-15-25(27)23-11-3-1-4-12-23)30(37-21-34-35-22-37)28-18-10-8-16-26(28)24-13-5-2-6-14-24/h1-22,29-30H. The Bertz CT molecular complexity index is 1510. The van der Waals surface area contributed by atoms with Crippen LogP contribution in [0.1, 0.15) is 23.2 Å². The maximum atomic E-state index is 14.9. The van der Waals surface area contributed by atoms with E-state index in [0.29, 0.717) is 0 Å². The van der Waals surface area contributed by atoms with Gasteiger partial charge in [-0.2, -0.15) is 0 Å². The molecule has 4 aromatic carbocycles. The van der Waals surface area contributed by atoms with Gasteiger partial charge in [0.1, 0.15) is 37.4 Å². The average molecular weight is 497 g/mol. The van der Waals surface area contributed by atoms with Gasteiger partial charge in [0.05, 0.1) is 0 Å². The van der Waals surface area contributed by atoms with Gasteiger partial charge in [0.15, 0.2) is 5.78 Å². The Hall–Kier alpha value is -5.17. The molecule has 0 aliphatic carbocycles. The molecule has 7 nitrogen and oxygen atoms in total. The highest BCUT2D eigenvalue weighted by molar-refractivity contribution is 5.95. The quantitative estimate of drug-likeness (QED) is 0.272. The van der Waals surface area contributed by atoms with E-state index in [4.69, 9.17) is 0 Å². The molecular formula is C31H24N6O. The summed E-state index contributed by atoms with van der Waals surface area (Å²) in [7, 11) is 0. The van der Waals surface area contributed by atoms with Crippen molar-refractivity contribution < 1.29 is 4.79 Å². The third-order valence-corrected chi connectivity index (χ3v) is 6.69. The van der Waals surface area contributed by atoms with Gasteiger partial charge in [0.25, 0.3) is 0 Å². The number of hydrogen-bond acceptors (Lipinski definition) is 5. The second-order valence-corrected chi connectivity index (χ2v) is 8.93. The second-order valence-electron chi connectivity index (χ2n) is 8.93. The van der Waals surface area contributed by atoms with Gasteiger partial charge in [0.2, 0.25) is 0 Å². The summed E-state index contributed by atoms with van der Waals surface area (Å²) in [6, 6.07) is 34.7. The molecule has 0 aliphatic heterocycles. The third kappa shape index (κ3) is 4.41. The first kappa shape index (κ1) is 23.2. The van der Waals surface area contributed by atoms with Gasteiger partial charge in [0, 0.05) is 0 Å². The highest BCUT2D eigenvalue weighted by Gasteiger charge is 2.35. The summed E-state index contributed by atoms with van der Waals surface area (Å²) in [4.78, 5) is 14.9. The SMILES string of the molecule is O=C(C(c1ccccc1-c1ccccc1)n1cnnc1)C(c1ccccc1-c1ccccc1)n1cnnc1. The molecular weight excluding hydrogens is 472 g/mol. The van der Waals surface area contributed by atoms with Crippen molar-refractivity contribution >= 4 is 5.78 Å². The van der Waals surface area contributed by atoms with E-state index >= 15 is 0 Å². The molecule has 2 atom stereocenters. The fourth-order valence-corrected chi connectivity index (χ4v) is 4.99. The van der Waals surface area contributed by atoms with Gasteiger partial charge in [-0.15, -0.1) is 20.4 Å². The minimum absolute atomic E-state index is 0.0589. The van der Waals surface area contributed by atoms with Crippen LogP contribution in [0.2, 0.25) is 0 Å². The minimum atomic E-state index is -0.697. The average Bonchev–Trinajstić information content (AvgIpc) is 3.71. The van der Waals surface area contributed by atoms with Crippen molar-refractivity contribution in [3.8, 4) is 22.3 Å². The summed E-state index contributed by atoms with van der Waals surface area (Å²) in [5.74, 6) is -0.0589. The lowest BCUT2D eigenvalue weighted by Gasteiger charge is -2.27. The van der Waals surface area contributed by atoms with Crippen molar-refractivity contribution in [1.82, 2.24) is 29.5 Å². The maximum absolute atomic E-state index is 14.9. The predicted octanol–water partition coefficient (Wildman–Crippen LogP) is 5.65. The van der Waals surface area contributed by atoms with Crippen molar-refractivity contribution in [1.29, 1.82) is 0 Å². The van der Waals surface area contributed by atoms with Crippen LogP contribution in [0.3, 0.4) is 0 Å². The van der Waals surface area contributed by atoms with Crippen molar-refractivity contribution in [3.05, 3.63) is 146 Å². The van der Waals surface area contributed by atoms with Crippen molar-refractivity contribution in [2.45, 2.75) is 12.1 Å². The van der Waals surface area contributed by atoms with Crippen LogP contribution < -0.4 is 0 Å². The molecule has 0 saturated heterocycles. The van der Waals surface area contributed by atoms with Gasteiger partial charge < -0.3 is 9.13 Å². The molecule has 0 bridgehead atoms. The normalized spacial score (nSPS) is 12.6. The zero-order chi connectivity index (χ0) is 25.7. The van der Waals surface area contributed by atoms with Crippen LogP contribution in [-0.4, -0.2) is 35.3 Å². The van der Waals surface area contributed by atoms with Crippen LogP contribution >= 0.6 is 0 Å². The van der Waals surface area contributed by atoms with Gasteiger partial charge in [-0.3, -0.25) is 4.79 Å². The highest BCUT2D eigenvalue weighted by atomic mass is 16.1. The minimum Gasteiger partial charge on any atom is -0.305 e. The second kappa shape index (κ2) is 10.4. The molecule has 0 amide bonds. The largest absolute Gasteiger partial charge is 0.305 e. The molecule has 0 saturated carbocycles. The van der Waals surface area contributed by atoms with E-state index in [-0.39, 0.29) is 5.78 Å². The van der Waals surface area contributed by atoms with Crippen molar-refractivity contribution in [2.75, 3.05) is 0 Å². The first-order valence-electron chi connectivity index (χ1n) is 12.3. The predicted molar refractivity (Wildman–Crippen MR) is 145 cm³/mol. The summed E-state index contributed by atoms with van der Waals surface area (Å²) in [5.41, 5.74) is 5.72. The number of benzene rings is 4. The fraction of sp³-hybridized carbons (Fsp3) is 0.0645. The zero-order valence-corrected chi connectivity index (χ0v) is 20.4. The Morgan fingerprint density at radius 3 is 1.21 bits per heavy atom. The number of nitrogens with zero attached hydrogens (tertiary/aromatic N) is 6. The molecule has 0 N–H and O–H groups in total. The molecule has 0 spiro atoms. The van der Waals surface area contributed by atoms with E-state index in [9.17, 15) is 4.79 Å². The van der Waals surface area contributed by atoms with E-state index in [0.717, 1.165) is 33.4 Å². The number of ketones is 1. The lowest BCUT2D eigenvalue weighted by Crippen LogP contribution is -2.30. The summed E-state index contributed by atoms with van der Waals surface area (Å²) in [6.07, 6.45) is 6.38. The molecule has 184 valence electrons. The van der Waals surface area contributed by atoms with Crippen LogP contribution in [-0.2, 0) is 4.79 Å². The number of carbonyl (C=O) groups is 1. The van der Waals surface area contributed by atoms with Crippen LogP contribution in [0.5, 0.6) is 0 Å². The molecule has 0 radical (unpaired) electrons. The van der Waals surface area contributed by atoms with Gasteiger partial charge in [-0.1, -0.05) is 109 Å². The first-order valence-corrected chi connectivity index (χ1v) is 12.3. The lowest BCUT2D eigenvalue weighted by molar-refractivity contribution is -0.123. The van der Waals surface area contributed by atoms with Crippen molar-refractivity contribution in [2.24, 2.45) is 0 Å². The molecule has 38 heavy (non-hydrogen) atoms. The molecule has 0 fully saturated rings. The summed E-state index contributed by atoms with van der Waals surface area (Å²) < 4.78 is 3.54. The molecule has 0 aliphatic rings. The summed E-state index contributed by atoms with van der Waals surface area (Å²) in [6.45, 7) is 0. The molecule has 2 heterocycles. The number of aromatic nitrogens is 6. The molecule has 2 aromatic heterocycles. The Morgan fingerprint density at radius 2 is 0.816 bits per heavy atom. The van der Waals surface area contributed by atoms with Crippen LogP contribution in [0, 0.1) is 0 Å². The van der Waals surface area contributed by atoms with E-state index < -0.39 is 12.1 Å². The van der Waals surface area contributed by atoms with E-state index in [2.05, 4.69) is 44.7 Å². The highest BCUT2D eigenvalue weighted by Crippen LogP contribution is 2.37. The van der Waals surface area contributed by atoms with E-state index in [1.807, 2.05) is 84.9 Å². The van der Waals surface area contributed by atoms with Gasteiger partial charge >= 0.3 is 0 Å². The maximum Gasteiger partial charge on any atom is 0.187 e. The Labute approximate surface area is 220 Å². The van der Waals surface area contributed by atoms with Crippen LogP contribution in [0.15, 0.2) is 135 Å². The lowest BCUT2D eigenvalue weighted by atomic mass is 9.86. The zero-order valence-electron chi connectivity index (χ0n) is 20.4. The number of Topliss-reactive ketones (excluding diaryl/α,β-unsaturated/α-hetero) is 1. The summed E-state index contributed by atoms with van der Waals surface area (Å²) >= 11 is 0. The number of hydrogen-bond donors (Lipinski definition) is 0. The molecule has 7 heteroatoms. The van der Waals surface area contributed by atoms with Crippen LogP contribution in [0.4, 0.5) is 0 Å². The smallest absolute Gasteiger partial charge is 0.187 e. The molecule has 2 unspecified atom stereocenters. The molecule has 6 rings (SSSR count). The third-order valence-electron chi connectivity index (χ3n) is 6.69. The Kier molecular flexibility index (Phi) is 6.39. The summed E-state index contributed by atoms with van der Waals surface area (Å²) in [5, 5.41) is 16.2. The van der Waals surface area contributed by atoms with Crippen LogP contribution in [0.25, 0.3) is 22.3 Å². The van der Waals surface area contributed by atoms with E-state index in [1.54, 1.807) is 34.4 Å². The van der Waals surface area contributed by atoms with E-state index in [1.165, 1.54) is 0 Å². The van der Waals surface area contributed by atoms with Gasteiger partial charge in [-0.05, 0) is 33.4 Å². The fourth-order valence-electron chi connectivity index (χ4n) is 4.99. The monoisotopic (exact) mass is 496 g/mol. The first-order chi connectivity index (χ1) is 18.8. The topological polar surface area (TPSA) is 78.5 Å². The van der Waals surface area contributed by atoms with Gasteiger partial charge in [-0.25, -0.2) is 0 Å². The number of rotatable bonds is 8. The number of carbonyl (C=O) groups excluding carboxylic acids is 1. The Morgan fingerprint density at radius 1 is 0.474 bits per heavy atom. The Balaban J connectivity index is 1.55. The molecule has 6 aromatic rings.